The lowest BCUT2D eigenvalue weighted by molar-refractivity contribution is -0.137. The fourth-order valence-corrected chi connectivity index (χ4v) is 3.70. The van der Waals surface area contributed by atoms with Crippen molar-refractivity contribution in [2.24, 2.45) is 11.8 Å². The van der Waals surface area contributed by atoms with E-state index in [0.29, 0.717) is 31.3 Å². The maximum absolute atomic E-state index is 12.9. The van der Waals surface area contributed by atoms with Crippen LogP contribution < -0.4 is 0 Å². The number of carbonyl (C=O) groups excluding carboxylic acids is 1. The third kappa shape index (κ3) is 5.58. The van der Waals surface area contributed by atoms with Gasteiger partial charge in [-0.2, -0.15) is 18.2 Å². The predicted molar refractivity (Wildman–Crippen MR) is 102 cm³/mol. The van der Waals surface area contributed by atoms with Crippen LogP contribution in [0.1, 0.15) is 51.0 Å². The molecule has 1 aromatic carbocycles. The highest BCUT2D eigenvalue weighted by molar-refractivity contribution is 5.79. The summed E-state index contributed by atoms with van der Waals surface area (Å²) in [5.41, 5.74) is -0.512. The number of hydrogen-bond acceptors (Lipinski definition) is 4. The van der Waals surface area contributed by atoms with Crippen LogP contribution in [0.15, 0.2) is 28.8 Å². The maximum Gasteiger partial charge on any atom is 0.416 e. The van der Waals surface area contributed by atoms with Gasteiger partial charge in [-0.1, -0.05) is 44.0 Å². The first-order chi connectivity index (χ1) is 13.7. The van der Waals surface area contributed by atoms with Gasteiger partial charge in [0.2, 0.25) is 17.6 Å². The van der Waals surface area contributed by atoms with Crippen LogP contribution in [-0.2, 0) is 17.4 Å². The molecule has 1 fully saturated rings. The zero-order valence-corrected chi connectivity index (χ0v) is 16.7. The molecule has 2 aromatic rings. The van der Waals surface area contributed by atoms with E-state index in [4.69, 9.17) is 4.52 Å². The van der Waals surface area contributed by atoms with Crippen molar-refractivity contribution in [3.63, 3.8) is 0 Å². The second-order valence-electron chi connectivity index (χ2n) is 8.00. The molecular weight excluding hydrogens is 383 g/mol. The minimum atomic E-state index is -4.43. The lowest BCUT2D eigenvalue weighted by atomic mass is 10.1. The van der Waals surface area contributed by atoms with Crippen molar-refractivity contribution >= 4 is 5.91 Å². The highest BCUT2D eigenvalue weighted by Gasteiger charge is 2.31. The fourth-order valence-electron chi connectivity index (χ4n) is 3.70. The van der Waals surface area contributed by atoms with E-state index in [9.17, 15) is 18.0 Å². The zero-order chi connectivity index (χ0) is 21.0. The molecule has 0 atom stereocenters. The Bertz CT molecular complexity index is 827. The molecule has 1 heterocycles. The van der Waals surface area contributed by atoms with E-state index in [1.807, 2.05) is 4.90 Å². The minimum Gasteiger partial charge on any atom is -0.342 e. The molecule has 1 saturated carbocycles. The van der Waals surface area contributed by atoms with Crippen molar-refractivity contribution in [2.45, 2.75) is 52.1 Å². The molecule has 0 N–H and O–H groups in total. The molecule has 8 heteroatoms. The number of benzene rings is 1. The normalized spacial score (nSPS) is 15.2. The van der Waals surface area contributed by atoms with Gasteiger partial charge in [-0.15, -0.1) is 0 Å². The number of nitrogens with zero attached hydrogens (tertiary/aromatic N) is 3. The second kappa shape index (κ2) is 8.97. The van der Waals surface area contributed by atoms with Gasteiger partial charge in [0.15, 0.2) is 0 Å². The van der Waals surface area contributed by atoms with E-state index in [1.165, 1.54) is 12.1 Å². The minimum absolute atomic E-state index is 0.0945. The summed E-state index contributed by atoms with van der Waals surface area (Å²) in [6.45, 7) is 5.24. The van der Waals surface area contributed by atoms with Gasteiger partial charge in [-0.05, 0) is 30.9 Å². The molecule has 1 aliphatic carbocycles. The fraction of sp³-hybridized carbons (Fsp3) is 0.571. The summed E-state index contributed by atoms with van der Waals surface area (Å²) < 4.78 is 43.9. The van der Waals surface area contributed by atoms with E-state index < -0.39 is 11.7 Å². The molecule has 158 valence electrons. The maximum atomic E-state index is 12.9. The van der Waals surface area contributed by atoms with Crippen LogP contribution in [0.5, 0.6) is 0 Å². The molecule has 0 spiro atoms. The van der Waals surface area contributed by atoms with E-state index in [-0.39, 0.29) is 23.2 Å². The van der Waals surface area contributed by atoms with Crippen LogP contribution in [0.4, 0.5) is 13.2 Å². The Balaban J connectivity index is 1.67. The molecule has 0 saturated heterocycles. The van der Waals surface area contributed by atoms with Gasteiger partial charge in [-0.3, -0.25) is 4.79 Å². The number of hydrogen-bond donors (Lipinski definition) is 0. The summed E-state index contributed by atoms with van der Waals surface area (Å²) in [7, 11) is 0. The SMILES string of the molecule is CC(C)CN(CCc1nc(-c2cccc(C(F)(F)F)c2)no1)C(=O)C1CCCC1. The zero-order valence-electron chi connectivity index (χ0n) is 16.7. The molecule has 1 aliphatic rings. The number of halogens is 3. The van der Waals surface area contributed by atoms with Crippen molar-refractivity contribution in [3.05, 3.63) is 35.7 Å². The van der Waals surface area contributed by atoms with E-state index in [2.05, 4.69) is 24.0 Å². The standard InChI is InChI=1S/C21H26F3N3O2/c1-14(2)13-27(20(28)15-6-3-4-7-15)11-10-18-25-19(26-29-18)16-8-5-9-17(12-16)21(22,23)24/h5,8-9,12,14-15H,3-4,6-7,10-11,13H2,1-2H3. The first-order valence-corrected chi connectivity index (χ1v) is 10.0. The molecule has 0 aliphatic heterocycles. The van der Waals surface area contributed by atoms with Gasteiger partial charge < -0.3 is 9.42 Å². The van der Waals surface area contributed by atoms with Crippen LogP contribution in [0.25, 0.3) is 11.4 Å². The van der Waals surface area contributed by atoms with Crippen molar-refractivity contribution in [3.8, 4) is 11.4 Å². The molecule has 0 unspecified atom stereocenters. The Morgan fingerprint density at radius 1 is 1.28 bits per heavy atom. The first-order valence-electron chi connectivity index (χ1n) is 10.0. The number of carbonyl (C=O) groups is 1. The van der Waals surface area contributed by atoms with Gasteiger partial charge in [0.1, 0.15) is 0 Å². The third-order valence-corrected chi connectivity index (χ3v) is 5.11. The summed E-state index contributed by atoms with van der Waals surface area (Å²) in [5, 5.41) is 3.81. The van der Waals surface area contributed by atoms with E-state index >= 15 is 0 Å². The number of rotatable bonds is 7. The van der Waals surface area contributed by atoms with Gasteiger partial charge in [0, 0.05) is 31.0 Å². The Kier molecular flexibility index (Phi) is 6.59. The smallest absolute Gasteiger partial charge is 0.342 e. The number of amides is 1. The van der Waals surface area contributed by atoms with Crippen molar-refractivity contribution in [1.29, 1.82) is 0 Å². The Labute approximate surface area is 168 Å². The molecule has 5 nitrogen and oxygen atoms in total. The molecule has 0 radical (unpaired) electrons. The monoisotopic (exact) mass is 409 g/mol. The second-order valence-corrected chi connectivity index (χ2v) is 8.00. The third-order valence-electron chi connectivity index (χ3n) is 5.11. The topological polar surface area (TPSA) is 59.2 Å². The van der Waals surface area contributed by atoms with Crippen LogP contribution >= 0.6 is 0 Å². The summed E-state index contributed by atoms with van der Waals surface area (Å²) in [6.07, 6.45) is 0.00485. The highest BCUT2D eigenvalue weighted by atomic mass is 19.4. The number of alkyl halides is 3. The van der Waals surface area contributed by atoms with Crippen LogP contribution in [-0.4, -0.2) is 34.0 Å². The first kappa shape index (κ1) is 21.3. The molecule has 1 amide bonds. The van der Waals surface area contributed by atoms with Crippen molar-refractivity contribution in [2.75, 3.05) is 13.1 Å². The van der Waals surface area contributed by atoms with Gasteiger partial charge >= 0.3 is 6.18 Å². The van der Waals surface area contributed by atoms with E-state index in [0.717, 1.165) is 37.8 Å². The Morgan fingerprint density at radius 3 is 2.66 bits per heavy atom. The highest BCUT2D eigenvalue weighted by Crippen LogP contribution is 2.31. The predicted octanol–water partition coefficient (Wildman–Crippen LogP) is 4.97. The molecule has 29 heavy (non-hydrogen) atoms. The summed E-state index contributed by atoms with van der Waals surface area (Å²) in [5.74, 6) is 1.03. The lowest BCUT2D eigenvalue weighted by Gasteiger charge is -2.26. The Hall–Kier alpha value is -2.38. The average Bonchev–Trinajstić information content (AvgIpc) is 3.35. The molecule has 0 bridgehead atoms. The van der Waals surface area contributed by atoms with Gasteiger partial charge in [0.05, 0.1) is 5.56 Å². The molecular formula is C21H26F3N3O2. The van der Waals surface area contributed by atoms with Crippen LogP contribution in [0, 0.1) is 11.8 Å². The summed E-state index contributed by atoms with van der Waals surface area (Å²) in [4.78, 5) is 18.9. The molecule has 1 aromatic heterocycles. The number of aromatic nitrogens is 2. The van der Waals surface area contributed by atoms with Crippen LogP contribution in [0.2, 0.25) is 0 Å². The van der Waals surface area contributed by atoms with Crippen molar-refractivity contribution in [1.82, 2.24) is 15.0 Å². The summed E-state index contributed by atoms with van der Waals surface area (Å²) in [6, 6.07) is 4.84. The summed E-state index contributed by atoms with van der Waals surface area (Å²) >= 11 is 0. The van der Waals surface area contributed by atoms with Gasteiger partial charge in [-0.25, -0.2) is 0 Å². The largest absolute Gasteiger partial charge is 0.416 e. The van der Waals surface area contributed by atoms with Crippen molar-refractivity contribution < 1.29 is 22.5 Å². The average molecular weight is 409 g/mol. The van der Waals surface area contributed by atoms with E-state index in [1.54, 1.807) is 0 Å². The van der Waals surface area contributed by atoms with Gasteiger partial charge in [0.25, 0.3) is 0 Å². The molecule has 3 rings (SSSR count). The van der Waals surface area contributed by atoms with Crippen LogP contribution in [0.3, 0.4) is 0 Å². The quantitative estimate of drug-likeness (QED) is 0.648. The lowest BCUT2D eigenvalue weighted by Crippen LogP contribution is -2.39. The Morgan fingerprint density at radius 2 is 2.00 bits per heavy atom.